The predicted molar refractivity (Wildman–Crippen MR) is 83.6 cm³/mol. The van der Waals surface area contributed by atoms with Crippen LogP contribution in [0.15, 0.2) is 60.2 Å². The Labute approximate surface area is 128 Å². The predicted octanol–water partition coefficient (Wildman–Crippen LogP) is 3.24. The first-order chi connectivity index (χ1) is 10.6. The lowest BCUT2D eigenvalue weighted by Gasteiger charge is -2.08. The molecule has 0 amide bonds. The molecule has 0 saturated heterocycles. The third-order valence-electron chi connectivity index (χ3n) is 3.08. The van der Waals surface area contributed by atoms with Crippen molar-refractivity contribution in [1.29, 1.82) is 0 Å². The molecule has 0 aliphatic carbocycles. The second kappa shape index (κ2) is 7.17. The standard InChI is InChI=1S/C17H15NO4/c1-22-16-10-6-5-9-15(16)17(19)14(12-18(20)21)11-13-7-3-2-4-8-13/h2-11H,12H2,1H3/b14-11+. The van der Waals surface area contributed by atoms with Gasteiger partial charge in [0, 0.05) is 4.92 Å². The van der Waals surface area contributed by atoms with E-state index in [-0.39, 0.29) is 5.57 Å². The molecule has 0 aliphatic rings. The molecule has 0 heterocycles. The van der Waals surface area contributed by atoms with Gasteiger partial charge in [0.2, 0.25) is 6.54 Å². The fourth-order valence-electron chi connectivity index (χ4n) is 2.08. The first kappa shape index (κ1) is 15.4. The second-order valence-corrected chi connectivity index (χ2v) is 4.60. The number of ketones is 1. The van der Waals surface area contributed by atoms with Crippen LogP contribution in [0, 0.1) is 10.1 Å². The molecule has 5 heteroatoms. The van der Waals surface area contributed by atoms with E-state index in [0.29, 0.717) is 11.3 Å². The minimum absolute atomic E-state index is 0.112. The van der Waals surface area contributed by atoms with E-state index in [1.54, 1.807) is 36.4 Å². The van der Waals surface area contributed by atoms with Crippen LogP contribution < -0.4 is 4.74 Å². The van der Waals surface area contributed by atoms with Gasteiger partial charge in [0.15, 0.2) is 5.78 Å². The molecular weight excluding hydrogens is 282 g/mol. The van der Waals surface area contributed by atoms with Gasteiger partial charge in [0.1, 0.15) is 5.75 Å². The lowest BCUT2D eigenvalue weighted by Crippen LogP contribution is -2.14. The molecule has 0 radical (unpaired) electrons. The number of hydrogen-bond donors (Lipinski definition) is 0. The van der Waals surface area contributed by atoms with Gasteiger partial charge in [-0.2, -0.15) is 0 Å². The number of hydrogen-bond acceptors (Lipinski definition) is 4. The third kappa shape index (κ3) is 3.79. The molecule has 0 atom stereocenters. The molecule has 0 fully saturated rings. The van der Waals surface area contributed by atoms with Crippen molar-refractivity contribution in [3.05, 3.63) is 81.4 Å². The molecule has 5 nitrogen and oxygen atoms in total. The van der Waals surface area contributed by atoms with Crippen molar-refractivity contribution >= 4 is 11.9 Å². The van der Waals surface area contributed by atoms with Crippen LogP contribution in [-0.4, -0.2) is 24.4 Å². The van der Waals surface area contributed by atoms with Crippen LogP contribution in [-0.2, 0) is 0 Å². The Balaban J connectivity index is 2.43. The fraction of sp³-hybridized carbons (Fsp3) is 0.118. The van der Waals surface area contributed by atoms with E-state index in [0.717, 1.165) is 5.56 Å². The highest BCUT2D eigenvalue weighted by molar-refractivity contribution is 6.13. The number of methoxy groups -OCH3 is 1. The highest BCUT2D eigenvalue weighted by Crippen LogP contribution is 2.22. The Morgan fingerprint density at radius 1 is 1.14 bits per heavy atom. The Bertz CT molecular complexity index is 708. The molecule has 0 N–H and O–H groups in total. The molecule has 0 aromatic heterocycles. The van der Waals surface area contributed by atoms with Crippen LogP contribution in [0.4, 0.5) is 0 Å². The zero-order valence-corrected chi connectivity index (χ0v) is 12.1. The first-order valence-electron chi connectivity index (χ1n) is 6.67. The number of ether oxygens (including phenoxy) is 1. The minimum Gasteiger partial charge on any atom is -0.496 e. The van der Waals surface area contributed by atoms with Gasteiger partial charge in [0.05, 0.1) is 18.2 Å². The number of para-hydroxylation sites is 1. The van der Waals surface area contributed by atoms with Crippen LogP contribution >= 0.6 is 0 Å². The fourth-order valence-corrected chi connectivity index (χ4v) is 2.08. The summed E-state index contributed by atoms with van der Waals surface area (Å²) in [5.41, 5.74) is 1.16. The highest BCUT2D eigenvalue weighted by atomic mass is 16.6. The van der Waals surface area contributed by atoms with E-state index < -0.39 is 17.3 Å². The maximum absolute atomic E-state index is 12.6. The van der Waals surface area contributed by atoms with Crippen LogP contribution in [0.3, 0.4) is 0 Å². The quantitative estimate of drug-likeness (QED) is 0.355. The molecule has 2 aromatic rings. The number of nitrogens with zero attached hydrogens (tertiary/aromatic N) is 1. The number of nitro groups is 1. The summed E-state index contributed by atoms with van der Waals surface area (Å²) in [5.74, 6) is -0.00665. The molecule has 2 aromatic carbocycles. The van der Waals surface area contributed by atoms with Gasteiger partial charge in [-0.1, -0.05) is 42.5 Å². The van der Waals surface area contributed by atoms with Gasteiger partial charge < -0.3 is 4.74 Å². The first-order valence-corrected chi connectivity index (χ1v) is 6.67. The Morgan fingerprint density at radius 3 is 2.41 bits per heavy atom. The largest absolute Gasteiger partial charge is 0.496 e. The van der Waals surface area contributed by atoms with Crippen LogP contribution in [0.5, 0.6) is 5.75 Å². The Hall–Kier alpha value is -2.95. The maximum Gasteiger partial charge on any atom is 0.232 e. The number of carbonyl (C=O) groups excluding carboxylic acids is 1. The van der Waals surface area contributed by atoms with E-state index in [1.165, 1.54) is 13.2 Å². The molecule has 22 heavy (non-hydrogen) atoms. The summed E-state index contributed by atoms with van der Waals surface area (Å²) in [6.07, 6.45) is 1.54. The van der Waals surface area contributed by atoms with Crippen molar-refractivity contribution in [2.45, 2.75) is 0 Å². The lowest BCUT2D eigenvalue weighted by atomic mass is 10.00. The van der Waals surface area contributed by atoms with Gasteiger partial charge in [-0.3, -0.25) is 14.9 Å². The smallest absolute Gasteiger partial charge is 0.232 e. The Kier molecular flexibility index (Phi) is 5.03. The van der Waals surface area contributed by atoms with E-state index in [1.807, 2.05) is 18.2 Å². The van der Waals surface area contributed by atoms with Crippen molar-refractivity contribution in [3.8, 4) is 5.75 Å². The van der Waals surface area contributed by atoms with Crippen molar-refractivity contribution in [2.75, 3.05) is 13.7 Å². The number of Topliss-reactive ketones (excluding diaryl/α,β-unsaturated/α-hetero) is 1. The Morgan fingerprint density at radius 2 is 1.77 bits per heavy atom. The average Bonchev–Trinajstić information content (AvgIpc) is 2.54. The summed E-state index contributed by atoms with van der Waals surface area (Å²) in [5, 5.41) is 10.9. The topological polar surface area (TPSA) is 69.4 Å². The summed E-state index contributed by atoms with van der Waals surface area (Å²) in [6, 6.07) is 15.7. The van der Waals surface area contributed by atoms with Crippen molar-refractivity contribution in [2.24, 2.45) is 0 Å². The van der Waals surface area contributed by atoms with Gasteiger partial charge in [-0.15, -0.1) is 0 Å². The lowest BCUT2D eigenvalue weighted by molar-refractivity contribution is -0.469. The number of carbonyl (C=O) groups is 1. The van der Waals surface area contributed by atoms with Crippen LogP contribution in [0.25, 0.3) is 6.08 Å². The van der Waals surface area contributed by atoms with Crippen LogP contribution in [0.1, 0.15) is 15.9 Å². The summed E-state index contributed by atoms with van der Waals surface area (Å²) >= 11 is 0. The van der Waals surface area contributed by atoms with Crippen molar-refractivity contribution in [3.63, 3.8) is 0 Å². The summed E-state index contributed by atoms with van der Waals surface area (Å²) in [4.78, 5) is 23.0. The molecule has 2 rings (SSSR count). The normalized spacial score (nSPS) is 11.0. The molecule has 0 aliphatic heterocycles. The average molecular weight is 297 g/mol. The molecule has 0 saturated carbocycles. The van der Waals surface area contributed by atoms with E-state index >= 15 is 0 Å². The van der Waals surface area contributed by atoms with Crippen molar-refractivity contribution < 1.29 is 14.5 Å². The summed E-state index contributed by atoms with van der Waals surface area (Å²) in [6.45, 7) is -0.536. The van der Waals surface area contributed by atoms with Gasteiger partial charge in [0.25, 0.3) is 0 Å². The zero-order chi connectivity index (χ0) is 15.9. The molecule has 112 valence electrons. The number of rotatable bonds is 6. The molecular formula is C17H15NO4. The number of benzene rings is 2. The maximum atomic E-state index is 12.6. The van der Waals surface area contributed by atoms with E-state index in [2.05, 4.69) is 0 Å². The van der Waals surface area contributed by atoms with E-state index in [4.69, 9.17) is 4.74 Å². The van der Waals surface area contributed by atoms with Gasteiger partial charge in [-0.05, 0) is 23.8 Å². The van der Waals surface area contributed by atoms with Gasteiger partial charge in [-0.25, -0.2) is 0 Å². The SMILES string of the molecule is COc1ccccc1C(=O)/C(=C/c1ccccc1)C[N+](=O)[O-]. The minimum atomic E-state index is -0.536. The zero-order valence-electron chi connectivity index (χ0n) is 12.1. The van der Waals surface area contributed by atoms with Gasteiger partial charge >= 0.3 is 0 Å². The summed E-state index contributed by atoms with van der Waals surface area (Å²) < 4.78 is 5.15. The molecule has 0 spiro atoms. The highest BCUT2D eigenvalue weighted by Gasteiger charge is 2.20. The van der Waals surface area contributed by atoms with E-state index in [9.17, 15) is 14.9 Å². The third-order valence-corrected chi connectivity index (χ3v) is 3.08. The van der Waals surface area contributed by atoms with Crippen LogP contribution in [0.2, 0.25) is 0 Å². The second-order valence-electron chi connectivity index (χ2n) is 4.60. The summed E-state index contributed by atoms with van der Waals surface area (Å²) in [7, 11) is 1.46. The molecule has 0 bridgehead atoms. The van der Waals surface area contributed by atoms with Crippen molar-refractivity contribution in [1.82, 2.24) is 0 Å². The monoisotopic (exact) mass is 297 g/mol. The molecule has 0 unspecified atom stereocenters.